The maximum absolute atomic E-state index is 12.3. The third-order valence-corrected chi connectivity index (χ3v) is 5.06. The van der Waals surface area contributed by atoms with Crippen molar-refractivity contribution in [1.82, 2.24) is 24.8 Å². The highest BCUT2D eigenvalue weighted by Gasteiger charge is 2.14. The summed E-state index contributed by atoms with van der Waals surface area (Å²) < 4.78 is 14.0. The second kappa shape index (κ2) is 8.43. The van der Waals surface area contributed by atoms with Gasteiger partial charge in [0.05, 0.1) is 12.8 Å². The number of benzene rings is 2. The molecule has 31 heavy (non-hydrogen) atoms. The normalized spacial score (nSPS) is 10.8. The first-order valence-corrected chi connectivity index (χ1v) is 9.80. The van der Waals surface area contributed by atoms with E-state index < -0.39 is 0 Å². The Balaban J connectivity index is 1.64. The third kappa shape index (κ3) is 4.05. The Morgan fingerprint density at radius 2 is 1.81 bits per heavy atom. The Labute approximate surface area is 179 Å². The van der Waals surface area contributed by atoms with Crippen molar-refractivity contribution in [3.63, 3.8) is 0 Å². The maximum atomic E-state index is 12.3. The van der Waals surface area contributed by atoms with Gasteiger partial charge in [-0.1, -0.05) is 24.3 Å². The van der Waals surface area contributed by atoms with Crippen molar-refractivity contribution in [3.8, 4) is 28.4 Å². The molecule has 2 heterocycles. The smallest absolute Gasteiger partial charge is 0.368 e. The quantitative estimate of drug-likeness (QED) is 0.479. The van der Waals surface area contributed by atoms with Crippen LogP contribution < -0.4 is 15.2 Å². The summed E-state index contributed by atoms with van der Waals surface area (Å²) in [5.41, 5.74) is 4.92. The molecular weight excluding hydrogens is 394 g/mol. The van der Waals surface area contributed by atoms with Crippen molar-refractivity contribution in [2.75, 3.05) is 7.11 Å². The van der Waals surface area contributed by atoms with Gasteiger partial charge in [0.25, 0.3) is 0 Å². The summed E-state index contributed by atoms with van der Waals surface area (Å²) in [4.78, 5) is 16.8. The second-order valence-electron chi connectivity index (χ2n) is 7.20. The van der Waals surface area contributed by atoms with Crippen molar-refractivity contribution in [2.45, 2.75) is 20.5 Å². The number of ether oxygens (including phenoxy) is 2. The molecule has 0 N–H and O–H groups in total. The zero-order valence-electron chi connectivity index (χ0n) is 17.9. The molecule has 0 spiro atoms. The molecule has 0 fully saturated rings. The summed E-state index contributed by atoms with van der Waals surface area (Å²) in [5, 5.41) is 7.77. The molecule has 0 aliphatic carbocycles. The van der Waals surface area contributed by atoms with Gasteiger partial charge in [0.1, 0.15) is 12.4 Å². The molecule has 0 bridgehead atoms. The van der Waals surface area contributed by atoms with Crippen molar-refractivity contribution >= 4 is 0 Å². The van der Waals surface area contributed by atoms with Gasteiger partial charge >= 0.3 is 5.69 Å². The molecule has 0 saturated carbocycles. The van der Waals surface area contributed by atoms with Gasteiger partial charge in [-0.05, 0) is 65.7 Å². The molecular formula is C23H23N5O3. The van der Waals surface area contributed by atoms with Crippen LogP contribution in [0.1, 0.15) is 16.8 Å². The number of hydrogen-bond donors (Lipinski definition) is 0. The van der Waals surface area contributed by atoms with Crippen molar-refractivity contribution in [1.29, 1.82) is 0 Å². The van der Waals surface area contributed by atoms with E-state index in [-0.39, 0.29) is 12.3 Å². The number of tetrazole rings is 1. The van der Waals surface area contributed by atoms with Crippen LogP contribution in [0.25, 0.3) is 16.8 Å². The van der Waals surface area contributed by atoms with Crippen LogP contribution in [0.3, 0.4) is 0 Å². The fourth-order valence-corrected chi connectivity index (χ4v) is 3.35. The summed E-state index contributed by atoms with van der Waals surface area (Å²) in [6, 6.07) is 17.4. The monoisotopic (exact) mass is 417 g/mol. The topological polar surface area (TPSA) is 84.1 Å². The standard InChI is InChI=1S/C23H23N5O3/c1-15-7-5-10-21(28-23(29)27(3)25-26-28)20(15)14-31-18-9-6-8-17(13-18)19-12-11-16(2)24-22(19)30-4/h5-13H,14H2,1-4H3. The van der Waals surface area contributed by atoms with Gasteiger partial charge in [-0.2, -0.15) is 9.36 Å². The number of aromatic nitrogens is 5. The lowest BCUT2D eigenvalue weighted by molar-refractivity contribution is 0.305. The molecule has 4 aromatic rings. The number of nitrogens with zero attached hydrogens (tertiary/aromatic N) is 5. The molecule has 158 valence electrons. The summed E-state index contributed by atoms with van der Waals surface area (Å²) in [6.45, 7) is 4.18. The summed E-state index contributed by atoms with van der Waals surface area (Å²) >= 11 is 0. The minimum Gasteiger partial charge on any atom is -0.489 e. The first-order valence-electron chi connectivity index (χ1n) is 9.80. The van der Waals surface area contributed by atoms with E-state index in [1.54, 1.807) is 14.2 Å². The zero-order valence-corrected chi connectivity index (χ0v) is 17.9. The molecule has 2 aromatic carbocycles. The Morgan fingerprint density at radius 1 is 1.00 bits per heavy atom. The number of methoxy groups -OCH3 is 1. The third-order valence-electron chi connectivity index (χ3n) is 5.06. The summed E-state index contributed by atoms with van der Waals surface area (Å²) in [7, 11) is 3.18. The van der Waals surface area contributed by atoms with Crippen LogP contribution >= 0.6 is 0 Å². The van der Waals surface area contributed by atoms with Crippen LogP contribution in [0.15, 0.2) is 59.4 Å². The van der Waals surface area contributed by atoms with E-state index in [9.17, 15) is 4.79 Å². The van der Waals surface area contributed by atoms with Gasteiger partial charge in [0.2, 0.25) is 5.88 Å². The van der Waals surface area contributed by atoms with E-state index >= 15 is 0 Å². The first-order chi connectivity index (χ1) is 15.0. The first kappa shape index (κ1) is 20.3. The highest BCUT2D eigenvalue weighted by atomic mass is 16.5. The van der Waals surface area contributed by atoms with E-state index in [4.69, 9.17) is 9.47 Å². The highest BCUT2D eigenvalue weighted by molar-refractivity contribution is 5.70. The minimum absolute atomic E-state index is 0.276. The van der Waals surface area contributed by atoms with E-state index in [0.29, 0.717) is 17.3 Å². The Hall–Kier alpha value is -3.94. The van der Waals surface area contributed by atoms with Crippen molar-refractivity contribution in [2.24, 2.45) is 7.05 Å². The minimum atomic E-state index is -0.312. The lowest BCUT2D eigenvalue weighted by atomic mass is 10.1. The van der Waals surface area contributed by atoms with Gasteiger partial charge < -0.3 is 9.47 Å². The average molecular weight is 417 g/mol. The molecule has 0 amide bonds. The van der Waals surface area contributed by atoms with Gasteiger partial charge in [-0.25, -0.2) is 9.78 Å². The molecule has 2 aromatic heterocycles. The van der Waals surface area contributed by atoms with Gasteiger partial charge in [-0.15, -0.1) is 0 Å². The van der Waals surface area contributed by atoms with Crippen LogP contribution in [0.5, 0.6) is 11.6 Å². The fraction of sp³-hybridized carbons (Fsp3) is 0.217. The summed E-state index contributed by atoms with van der Waals surface area (Å²) in [5.74, 6) is 1.26. The fourth-order valence-electron chi connectivity index (χ4n) is 3.35. The highest BCUT2D eigenvalue weighted by Crippen LogP contribution is 2.31. The Bertz CT molecular complexity index is 1290. The van der Waals surface area contributed by atoms with Crippen LogP contribution in [0.4, 0.5) is 0 Å². The number of pyridine rings is 1. The van der Waals surface area contributed by atoms with Crippen LogP contribution in [-0.4, -0.2) is 31.9 Å². The predicted octanol–water partition coefficient (Wildman–Crippen LogP) is 3.23. The van der Waals surface area contributed by atoms with Crippen molar-refractivity contribution in [3.05, 3.63) is 81.9 Å². The van der Waals surface area contributed by atoms with Crippen LogP contribution in [0.2, 0.25) is 0 Å². The lowest BCUT2D eigenvalue weighted by Crippen LogP contribution is -2.23. The predicted molar refractivity (Wildman–Crippen MR) is 117 cm³/mol. The van der Waals surface area contributed by atoms with Crippen LogP contribution in [0, 0.1) is 13.8 Å². The van der Waals surface area contributed by atoms with Gasteiger partial charge in [0, 0.05) is 23.9 Å². The molecule has 0 radical (unpaired) electrons. The van der Waals surface area contributed by atoms with Crippen LogP contribution in [-0.2, 0) is 13.7 Å². The van der Waals surface area contributed by atoms with E-state index in [2.05, 4.69) is 15.4 Å². The molecule has 0 saturated heterocycles. The summed E-state index contributed by atoms with van der Waals surface area (Å²) in [6.07, 6.45) is 0. The van der Waals surface area contributed by atoms with Gasteiger partial charge in [0.15, 0.2) is 0 Å². The number of hydrogen-bond acceptors (Lipinski definition) is 6. The molecule has 8 nitrogen and oxygen atoms in total. The molecule has 0 aliphatic heterocycles. The average Bonchev–Trinajstić information content (AvgIpc) is 3.11. The second-order valence-corrected chi connectivity index (χ2v) is 7.20. The molecule has 8 heteroatoms. The number of aryl methyl sites for hydroxylation is 3. The largest absolute Gasteiger partial charge is 0.489 e. The maximum Gasteiger partial charge on any atom is 0.368 e. The zero-order chi connectivity index (χ0) is 22.0. The molecule has 0 unspecified atom stereocenters. The van der Waals surface area contributed by atoms with E-state index in [1.807, 2.05) is 68.4 Å². The Morgan fingerprint density at radius 3 is 2.55 bits per heavy atom. The molecule has 4 rings (SSSR count). The lowest BCUT2D eigenvalue weighted by Gasteiger charge is -2.14. The Kier molecular flexibility index (Phi) is 5.53. The molecule has 0 aliphatic rings. The van der Waals surface area contributed by atoms with E-state index in [1.165, 1.54) is 9.36 Å². The van der Waals surface area contributed by atoms with Crippen molar-refractivity contribution < 1.29 is 9.47 Å². The van der Waals surface area contributed by atoms with Gasteiger partial charge in [-0.3, -0.25) is 0 Å². The van der Waals surface area contributed by atoms with E-state index in [0.717, 1.165) is 27.9 Å². The molecule has 0 atom stereocenters. The SMILES string of the molecule is COc1nc(C)ccc1-c1cccc(OCc2c(C)cccc2-n2nnn(C)c2=O)c1. The number of rotatable bonds is 6.